The van der Waals surface area contributed by atoms with Crippen molar-refractivity contribution in [2.45, 2.75) is 43.8 Å². The molecule has 1 unspecified atom stereocenters. The maximum atomic E-state index is 9.12. The van der Waals surface area contributed by atoms with E-state index in [1.54, 1.807) is 0 Å². The predicted octanol–water partition coefficient (Wildman–Crippen LogP) is -2.18. The van der Waals surface area contributed by atoms with Gasteiger partial charge in [0, 0.05) is 0 Å². The number of unbranched alkanes of at least 4 members (excludes halogenated alkanes) is 2. The Balaban J connectivity index is 3.77. The van der Waals surface area contributed by atoms with Gasteiger partial charge in [-0.1, -0.05) is 12.8 Å². The Kier molecular flexibility index (Phi) is 6.17. The highest BCUT2D eigenvalue weighted by atomic mass is 16.6. The summed E-state index contributed by atoms with van der Waals surface area (Å²) >= 11 is 0. The van der Waals surface area contributed by atoms with Crippen LogP contribution in [0.15, 0.2) is 0 Å². The Morgan fingerprint density at radius 3 is 2.07 bits per heavy atom. The molecule has 0 saturated carbocycles. The Bertz CT molecular complexity index is 152. The number of hydrogen-bond donors (Lipinski definition) is 6. The molecular formula is C8H20N2O4. The molecule has 14 heavy (non-hydrogen) atoms. The lowest BCUT2D eigenvalue weighted by Crippen LogP contribution is -2.56. The summed E-state index contributed by atoms with van der Waals surface area (Å²) in [6, 6.07) is -1.07. The molecule has 0 aliphatic rings. The third-order valence-electron chi connectivity index (χ3n) is 2.14. The van der Waals surface area contributed by atoms with Crippen LogP contribution in [0.4, 0.5) is 0 Å². The van der Waals surface area contributed by atoms with Gasteiger partial charge in [-0.05, 0) is 19.4 Å². The number of rotatable bonds is 7. The van der Waals surface area contributed by atoms with Crippen molar-refractivity contribution in [3.63, 3.8) is 0 Å². The molecule has 0 amide bonds. The fourth-order valence-corrected chi connectivity index (χ4v) is 1.09. The van der Waals surface area contributed by atoms with Crippen LogP contribution in [0.3, 0.4) is 0 Å². The zero-order valence-corrected chi connectivity index (χ0v) is 8.13. The molecule has 0 rings (SSSR count). The number of hydrogen-bond acceptors (Lipinski definition) is 6. The summed E-state index contributed by atoms with van der Waals surface area (Å²) in [6.45, 7) is 0.585. The first-order chi connectivity index (χ1) is 6.42. The van der Waals surface area contributed by atoms with Gasteiger partial charge in [0.25, 0.3) is 0 Å². The van der Waals surface area contributed by atoms with Crippen molar-refractivity contribution < 1.29 is 20.4 Å². The van der Waals surface area contributed by atoms with Gasteiger partial charge in [-0.3, -0.25) is 0 Å². The molecule has 0 bridgehead atoms. The van der Waals surface area contributed by atoms with E-state index in [0.717, 1.165) is 12.8 Å². The Labute approximate surface area is 83.2 Å². The molecule has 6 nitrogen and oxygen atoms in total. The van der Waals surface area contributed by atoms with E-state index in [0.29, 0.717) is 19.4 Å². The summed E-state index contributed by atoms with van der Waals surface area (Å²) in [5.41, 5.74) is 10.7. The van der Waals surface area contributed by atoms with E-state index in [1.807, 2.05) is 0 Å². The fourth-order valence-electron chi connectivity index (χ4n) is 1.09. The highest BCUT2D eigenvalue weighted by molar-refractivity contribution is 4.80. The minimum atomic E-state index is -2.64. The Morgan fingerprint density at radius 1 is 1.07 bits per heavy atom. The van der Waals surface area contributed by atoms with Crippen molar-refractivity contribution in [2.75, 3.05) is 6.54 Å². The van der Waals surface area contributed by atoms with E-state index in [1.165, 1.54) is 0 Å². The van der Waals surface area contributed by atoms with Crippen LogP contribution in [0.1, 0.15) is 25.7 Å². The number of aliphatic hydroxyl groups excluding tert-OH is 1. The topological polar surface area (TPSA) is 133 Å². The van der Waals surface area contributed by atoms with Crippen molar-refractivity contribution in [1.82, 2.24) is 0 Å². The predicted molar refractivity (Wildman–Crippen MR) is 50.9 cm³/mol. The highest BCUT2D eigenvalue weighted by Gasteiger charge is 2.38. The molecule has 1 atom stereocenters. The molecule has 0 aliphatic carbocycles. The molecule has 0 radical (unpaired) electrons. The lowest BCUT2D eigenvalue weighted by Gasteiger charge is -2.29. The first kappa shape index (κ1) is 13.8. The third kappa shape index (κ3) is 4.32. The molecule has 0 aromatic rings. The van der Waals surface area contributed by atoms with Crippen LogP contribution in [-0.2, 0) is 0 Å². The molecule has 6 heteroatoms. The Hall–Kier alpha value is -0.240. The van der Waals surface area contributed by atoms with Gasteiger partial charge in [0.2, 0.25) is 12.1 Å². The first-order valence-electron chi connectivity index (χ1n) is 4.69. The van der Waals surface area contributed by atoms with E-state index < -0.39 is 18.1 Å². The standard InChI is InChI=1S/C8H20N2O4/c9-5-3-1-2-4-6(10)8(13,14)7(11)12/h6-7,11-14H,1-5,9-10H2. The minimum absolute atomic E-state index is 0.310. The summed E-state index contributed by atoms with van der Waals surface area (Å²) in [7, 11) is 0. The molecule has 0 aromatic carbocycles. The summed E-state index contributed by atoms with van der Waals surface area (Å²) in [5.74, 6) is -2.64. The van der Waals surface area contributed by atoms with Crippen LogP contribution in [0.25, 0.3) is 0 Å². The second-order valence-electron chi connectivity index (χ2n) is 3.40. The third-order valence-corrected chi connectivity index (χ3v) is 2.14. The summed E-state index contributed by atoms with van der Waals surface area (Å²) in [5, 5.41) is 35.5. The van der Waals surface area contributed by atoms with Crippen LogP contribution in [0, 0.1) is 0 Å². The van der Waals surface area contributed by atoms with Crippen LogP contribution in [-0.4, -0.2) is 45.1 Å². The number of aliphatic hydroxyl groups is 4. The molecule has 0 fully saturated rings. The average Bonchev–Trinajstić information content (AvgIpc) is 2.11. The smallest absolute Gasteiger partial charge is 0.230 e. The molecule has 0 heterocycles. The average molecular weight is 208 g/mol. The Morgan fingerprint density at radius 2 is 1.64 bits per heavy atom. The van der Waals surface area contributed by atoms with Crippen molar-refractivity contribution in [3.05, 3.63) is 0 Å². The van der Waals surface area contributed by atoms with Crippen molar-refractivity contribution >= 4 is 0 Å². The number of nitrogens with two attached hydrogens (primary N) is 2. The molecule has 8 N–H and O–H groups in total. The van der Waals surface area contributed by atoms with Gasteiger partial charge in [0.15, 0.2) is 0 Å². The van der Waals surface area contributed by atoms with Gasteiger partial charge in [-0.2, -0.15) is 0 Å². The zero-order valence-electron chi connectivity index (χ0n) is 8.13. The molecule has 0 aromatic heterocycles. The van der Waals surface area contributed by atoms with E-state index in [2.05, 4.69) is 0 Å². The van der Waals surface area contributed by atoms with Crippen LogP contribution >= 0.6 is 0 Å². The minimum Gasteiger partial charge on any atom is -0.364 e. The van der Waals surface area contributed by atoms with E-state index in [-0.39, 0.29) is 0 Å². The molecule has 86 valence electrons. The zero-order chi connectivity index (χ0) is 11.2. The van der Waals surface area contributed by atoms with Crippen LogP contribution in [0.2, 0.25) is 0 Å². The summed E-state index contributed by atoms with van der Waals surface area (Å²) in [4.78, 5) is 0. The van der Waals surface area contributed by atoms with Crippen molar-refractivity contribution in [1.29, 1.82) is 0 Å². The molecular weight excluding hydrogens is 188 g/mol. The van der Waals surface area contributed by atoms with Crippen LogP contribution < -0.4 is 11.5 Å². The first-order valence-corrected chi connectivity index (χ1v) is 4.69. The fraction of sp³-hybridized carbons (Fsp3) is 1.00. The monoisotopic (exact) mass is 208 g/mol. The van der Waals surface area contributed by atoms with Gasteiger partial charge in [-0.15, -0.1) is 0 Å². The maximum Gasteiger partial charge on any atom is 0.230 e. The van der Waals surface area contributed by atoms with Gasteiger partial charge in [-0.25, -0.2) is 0 Å². The van der Waals surface area contributed by atoms with Gasteiger partial charge in [0.05, 0.1) is 6.04 Å². The van der Waals surface area contributed by atoms with Crippen molar-refractivity contribution in [3.8, 4) is 0 Å². The van der Waals surface area contributed by atoms with Crippen molar-refractivity contribution in [2.24, 2.45) is 11.5 Å². The molecule has 0 spiro atoms. The SMILES string of the molecule is NCCCCCC(N)C(O)(O)C(O)O. The van der Waals surface area contributed by atoms with Gasteiger partial charge in [0.1, 0.15) is 0 Å². The normalized spacial score (nSPS) is 14.8. The highest BCUT2D eigenvalue weighted by Crippen LogP contribution is 2.14. The summed E-state index contributed by atoms with van der Waals surface area (Å²) in [6.07, 6.45) is 0.422. The van der Waals surface area contributed by atoms with E-state index in [9.17, 15) is 0 Å². The quantitative estimate of drug-likeness (QED) is 0.208. The summed E-state index contributed by atoms with van der Waals surface area (Å²) < 4.78 is 0. The van der Waals surface area contributed by atoms with E-state index >= 15 is 0 Å². The molecule has 0 saturated heterocycles. The van der Waals surface area contributed by atoms with Gasteiger partial charge >= 0.3 is 0 Å². The lowest BCUT2D eigenvalue weighted by molar-refractivity contribution is -0.299. The second kappa shape index (κ2) is 6.28. The lowest BCUT2D eigenvalue weighted by atomic mass is 10.0. The van der Waals surface area contributed by atoms with Crippen LogP contribution in [0.5, 0.6) is 0 Å². The van der Waals surface area contributed by atoms with Gasteiger partial charge < -0.3 is 31.9 Å². The molecule has 0 aliphatic heterocycles. The second-order valence-corrected chi connectivity index (χ2v) is 3.40. The largest absolute Gasteiger partial charge is 0.364 e. The van der Waals surface area contributed by atoms with E-state index in [4.69, 9.17) is 31.9 Å². The maximum absolute atomic E-state index is 9.12.